The van der Waals surface area contributed by atoms with Crippen molar-refractivity contribution in [2.45, 2.75) is 26.2 Å². The van der Waals surface area contributed by atoms with Crippen LogP contribution in [0.25, 0.3) is 0 Å². The highest BCUT2D eigenvalue weighted by atomic mass is 19.1. The van der Waals surface area contributed by atoms with Crippen molar-refractivity contribution >= 4 is 0 Å². The number of rotatable bonds is 10. The van der Waals surface area contributed by atoms with Crippen LogP contribution < -0.4 is 15.4 Å². The van der Waals surface area contributed by atoms with Gasteiger partial charge in [0, 0.05) is 26.2 Å². The molecule has 130 valence electrons. The summed E-state index contributed by atoms with van der Waals surface area (Å²) in [5.74, 6) is 0.556. The summed E-state index contributed by atoms with van der Waals surface area (Å²) in [6.07, 6.45) is -0.320. The molecule has 1 atom stereocenters. The largest absolute Gasteiger partial charge is 0.489 e. The molecule has 24 heavy (non-hydrogen) atoms. The van der Waals surface area contributed by atoms with Gasteiger partial charge in [0.1, 0.15) is 18.2 Å². The number of hydrogen-bond donors (Lipinski definition) is 3. The molecule has 0 aliphatic carbocycles. The zero-order valence-electron chi connectivity index (χ0n) is 14.0. The van der Waals surface area contributed by atoms with E-state index in [0.717, 1.165) is 36.5 Å². The summed E-state index contributed by atoms with van der Waals surface area (Å²) in [6, 6.07) is 14.2. The Balaban J connectivity index is 1.71. The van der Waals surface area contributed by atoms with Crippen LogP contribution in [0.15, 0.2) is 48.5 Å². The van der Waals surface area contributed by atoms with Crippen molar-refractivity contribution in [3.63, 3.8) is 0 Å². The van der Waals surface area contributed by atoms with Crippen LogP contribution in [0.3, 0.4) is 0 Å². The molecule has 0 saturated heterocycles. The van der Waals surface area contributed by atoms with Crippen LogP contribution in [0.4, 0.5) is 4.39 Å². The Kier molecular flexibility index (Phi) is 7.68. The van der Waals surface area contributed by atoms with Gasteiger partial charge in [0.05, 0.1) is 6.10 Å². The van der Waals surface area contributed by atoms with E-state index in [-0.39, 0.29) is 11.9 Å². The molecule has 0 aromatic heterocycles. The van der Waals surface area contributed by atoms with Crippen molar-refractivity contribution in [3.8, 4) is 5.75 Å². The van der Waals surface area contributed by atoms with Crippen molar-refractivity contribution < 1.29 is 14.2 Å². The molecular formula is C19H25FN2O2. The number of aliphatic hydroxyl groups is 1. The topological polar surface area (TPSA) is 53.5 Å². The molecule has 4 nitrogen and oxygen atoms in total. The van der Waals surface area contributed by atoms with Gasteiger partial charge in [-0.1, -0.05) is 24.3 Å². The van der Waals surface area contributed by atoms with E-state index in [4.69, 9.17) is 9.84 Å². The molecule has 0 saturated carbocycles. The molecule has 0 aliphatic heterocycles. The summed E-state index contributed by atoms with van der Waals surface area (Å²) in [7, 11) is 0. The quantitative estimate of drug-likeness (QED) is 0.585. The smallest absolute Gasteiger partial charge is 0.123 e. The van der Waals surface area contributed by atoms with E-state index < -0.39 is 0 Å². The van der Waals surface area contributed by atoms with E-state index in [1.54, 1.807) is 19.1 Å². The Hall–Kier alpha value is -1.95. The lowest BCUT2D eigenvalue weighted by molar-refractivity contribution is 0.191. The average molecular weight is 332 g/mol. The summed E-state index contributed by atoms with van der Waals surface area (Å²) in [4.78, 5) is 0. The Morgan fingerprint density at radius 1 is 1.04 bits per heavy atom. The highest BCUT2D eigenvalue weighted by molar-refractivity contribution is 5.29. The lowest BCUT2D eigenvalue weighted by Crippen LogP contribution is -2.31. The van der Waals surface area contributed by atoms with Crippen molar-refractivity contribution in [1.29, 1.82) is 0 Å². The zero-order valence-corrected chi connectivity index (χ0v) is 14.0. The fourth-order valence-electron chi connectivity index (χ4n) is 2.21. The van der Waals surface area contributed by atoms with Crippen LogP contribution in [0.2, 0.25) is 0 Å². The summed E-state index contributed by atoms with van der Waals surface area (Å²) < 4.78 is 18.6. The highest BCUT2D eigenvalue weighted by Gasteiger charge is 2.00. The first-order chi connectivity index (χ1) is 11.6. The van der Waals surface area contributed by atoms with E-state index in [1.165, 1.54) is 12.1 Å². The minimum Gasteiger partial charge on any atom is -0.489 e. The molecule has 5 heteroatoms. The monoisotopic (exact) mass is 332 g/mol. The third-order valence-electron chi connectivity index (χ3n) is 3.46. The van der Waals surface area contributed by atoms with Crippen molar-refractivity contribution in [2.75, 3.05) is 19.6 Å². The maximum Gasteiger partial charge on any atom is 0.123 e. The Morgan fingerprint density at radius 2 is 1.79 bits per heavy atom. The van der Waals surface area contributed by atoms with Gasteiger partial charge < -0.3 is 20.5 Å². The minimum absolute atomic E-state index is 0.241. The van der Waals surface area contributed by atoms with Crippen LogP contribution >= 0.6 is 0 Å². The first kappa shape index (κ1) is 18.4. The highest BCUT2D eigenvalue weighted by Crippen LogP contribution is 2.15. The molecule has 3 N–H and O–H groups in total. The van der Waals surface area contributed by atoms with Gasteiger partial charge in [0.2, 0.25) is 0 Å². The number of ether oxygens (including phenoxy) is 1. The van der Waals surface area contributed by atoms with Gasteiger partial charge in [-0.2, -0.15) is 0 Å². The van der Waals surface area contributed by atoms with Gasteiger partial charge in [0.15, 0.2) is 0 Å². The number of nitrogens with one attached hydrogen (secondary N) is 2. The van der Waals surface area contributed by atoms with Crippen LogP contribution in [0, 0.1) is 5.82 Å². The molecule has 2 aromatic carbocycles. The second-order valence-electron chi connectivity index (χ2n) is 5.79. The van der Waals surface area contributed by atoms with Gasteiger partial charge in [-0.3, -0.25) is 0 Å². The predicted molar refractivity (Wildman–Crippen MR) is 93.4 cm³/mol. The zero-order chi connectivity index (χ0) is 17.2. The number of hydrogen-bond acceptors (Lipinski definition) is 4. The normalized spacial score (nSPS) is 12.1. The fourth-order valence-corrected chi connectivity index (χ4v) is 2.21. The lowest BCUT2D eigenvalue weighted by Gasteiger charge is -2.10. The second-order valence-corrected chi connectivity index (χ2v) is 5.79. The standard InChI is InChI=1S/C19H25FN2O2/c1-15(23)12-21-9-10-22-13-17-3-2-4-19(11-17)24-14-16-5-7-18(20)8-6-16/h2-8,11,15,21-23H,9-10,12-14H2,1H3/t15-/m0/s1. The molecule has 0 heterocycles. The molecule has 0 aliphatic rings. The predicted octanol–water partition coefficient (Wildman–Crippen LogP) is 2.46. The van der Waals surface area contributed by atoms with Crippen molar-refractivity contribution in [3.05, 3.63) is 65.5 Å². The summed E-state index contributed by atoms with van der Waals surface area (Å²) >= 11 is 0. The maximum absolute atomic E-state index is 12.9. The molecule has 2 rings (SSSR count). The molecule has 0 bridgehead atoms. The number of benzene rings is 2. The summed E-state index contributed by atoms with van der Waals surface area (Å²) in [5.41, 5.74) is 2.08. The number of halogens is 1. The minimum atomic E-state index is -0.320. The van der Waals surface area contributed by atoms with Crippen LogP contribution in [-0.2, 0) is 13.2 Å². The van der Waals surface area contributed by atoms with Gasteiger partial charge in [0.25, 0.3) is 0 Å². The average Bonchev–Trinajstić information content (AvgIpc) is 2.58. The molecule has 0 amide bonds. The van der Waals surface area contributed by atoms with E-state index in [1.807, 2.05) is 24.3 Å². The first-order valence-electron chi connectivity index (χ1n) is 8.19. The third-order valence-corrected chi connectivity index (χ3v) is 3.46. The summed E-state index contributed by atoms with van der Waals surface area (Å²) in [5, 5.41) is 15.7. The molecular weight excluding hydrogens is 307 g/mol. The number of aliphatic hydroxyl groups excluding tert-OH is 1. The Labute approximate surface area is 142 Å². The Morgan fingerprint density at radius 3 is 2.54 bits per heavy atom. The van der Waals surface area contributed by atoms with Crippen LogP contribution in [0.1, 0.15) is 18.1 Å². The maximum atomic E-state index is 12.9. The SMILES string of the molecule is C[C@H](O)CNCCNCc1cccc(OCc2ccc(F)cc2)c1. The lowest BCUT2D eigenvalue weighted by atomic mass is 10.2. The molecule has 0 fully saturated rings. The van der Waals surface area contributed by atoms with Gasteiger partial charge in [-0.15, -0.1) is 0 Å². The molecule has 0 radical (unpaired) electrons. The summed E-state index contributed by atoms with van der Waals surface area (Å²) in [6.45, 7) is 5.18. The molecule has 2 aromatic rings. The van der Waals surface area contributed by atoms with Gasteiger partial charge >= 0.3 is 0 Å². The molecule has 0 spiro atoms. The van der Waals surface area contributed by atoms with Gasteiger partial charge in [-0.05, 0) is 42.3 Å². The second kappa shape index (κ2) is 10.0. The van der Waals surface area contributed by atoms with Crippen LogP contribution in [-0.4, -0.2) is 30.8 Å². The Bertz CT molecular complexity index is 603. The third kappa shape index (κ3) is 7.08. The van der Waals surface area contributed by atoms with Crippen molar-refractivity contribution in [2.24, 2.45) is 0 Å². The van der Waals surface area contributed by atoms with E-state index >= 15 is 0 Å². The van der Waals surface area contributed by atoms with Gasteiger partial charge in [-0.25, -0.2) is 4.39 Å². The first-order valence-corrected chi connectivity index (χ1v) is 8.19. The fraction of sp³-hybridized carbons (Fsp3) is 0.368. The van der Waals surface area contributed by atoms with E-state index in [2.05, 4.69) is 10.6 Å². The van der Waals surface area contributed by atoms with E-state index in [9.17, 15) is 4.39 Å². The van der Waals surface area contributed by atoms with Crippen LogP contribution in [0.5, 0.6) is 5.75 Å². The van der Waals surface area contributed by atoms with E-state index in [0.29, 0.717) is 13.2 Å². The molecule has 0 unspecified atom stereocenters. The van der Waals surface area contributed by atoms with Crippen molar-refractivity contribution in [1.82, 2.24) is 10.6 Å².